The third-order valence-corrected chi connectivity index (χ3v) is 4.79. The fourth-order valence-corrected chi connectivity index (χ4v) is 3.09. The van der Waals surface area contributed by atoms with Crippen molar-refractivity contribution in [1.82, 2.24) is 5.43 Å². The quantitative estimate of drug-likeness (QED) is 0.570. The van der Waals surface area contributed by atoms with Gasteiger partial charge >= 0.3 is 0 Å². The van der Waals surface area contributed by atoms with Gasteiger partial charge in [-0.25, -0.2) is 13.8 Å². The summed E-state index contributed by atoms with van der Waals surface area (Å²) in [6.45, 7) is 1.60. The van der Waals surface area contributed by atoms with Crippen molar-refractivity contribution >= 4 is 27.8 Å². The van der Waals surface area contributed by atoms with Gasteiger partial charge in [-0.15, -0.1) is 0 Å². The zero-order chi connectivity index (χ0) is 19.2. The lowest BCUT2D eigenvalue weighted by Crippen LogP contribution is -2.39. The molecule has 0 aliphatic rings. The van der Waals surface area contributed by atoms with Gasteiger partial charge in [-0.2, -0.15) is 5.10 Å². The normalized spacial score (nSPS) is 11.5. The number of amides is 1. The van der Waals surface area contributed by atoms with Crippen LogP contribution in [0.5, 0.6) is 5.75 Å². The van der Waals surface area contributed by atoms with E-state index in [0.717, 1.165) is 22.5 Å². The third kappa shape index (κ3) is 5.32. The van der Waals surface area contributed by atoms with Crippen LogP contribution in [0.1, 0.15) is 18.1 Å². The zero-order valence-electron chi connectivity index (χ0n) is 14.6. The summed E-state index contributed by atoms with van der Waals surface area (Å²) in [4.78, 5) is 12.1. The van der Waals surface area contributed by atoms with E-state index in [1.165, 1.54) is 12.3 Å². The number of phenols is 1. The molecular weight excluding hydrogens is 354 g/mol. The minimum Gasteiger partial charge on any atom is -0.507 e. The molecule has 1 amide bonds. The Morgan fingerprint density at radius 3 is 2.42 bits per heavy atom. The lowest BCUT2D eigenvalue weighted by atomic mass is 10.1. The van der Waals surface area contributed by atoms with Crippen molar-refractivity contribution in [2.45, 2.75) is 13.3 Å². The number of sulfonamides is 1. The summed E-state index contributed by atoms with van der Waals surface area (Å²) in [5.41, 5.74) is 4.18. The van der Waals surface area contributed by atoms with E-state index in [2.05, 4.69) is 10.5 Å². The molecule has 0 aromatic heterocycles. The first-order valence-electron chi connectivity index (χ1n) is 7.98. The second kappa shape index (κ2) is 8.48. The number of hydrogen-bond acceptors (Lipinski definition) is 5. The maximum Gasteiger partial charge on any atom is 0.260 e. The van der Waals surface area contributed by atoms with Crippen LogP contribution < -0.4 is 9.73 Å². The Kier molecular flexibility index (Phi) is 6.35. The number of anilines is 1. The molecule has 0 heterocycles. The van der Waals surface area contributed by atoms with E-state index in [4.69, 9.17) is 0 Å². The molecule has 2 aromatic rings. The number of nitrogens with zero attached hydrogens (tertiary/aromatic N) is 2. The summed E-state index contributed by atoms with van der Waals surface area (Å²) in [5.74, 6) is -0.569. The van der Waals surface area contributed by atoms with Crippen molar-refractivity contribution in [1.29, 1.82) is 0 Å². The van der Waals surface area contributed by atoms with Gasteiger partial charge in [0.25, 0.3) is 5.91 Å². The van der Waals surface area contributed by atoms with E-state index in [9.17, 15) is 18.3 Å². The first kappa shape index (κ1) is 19.5. The molecule has 0 saturated heterocycles. The topological polar surface area (TPSA) is 99.1 Å². The number of hydrazone groups is 1. The van der Waals surface area contributed by atoms with Gasteiger partial charge in [0.1, 0.15) is 12.3 Å². The van der Waals surface area contributed by atoms with Gasteiger partial charge in [-0.05, 0) is 36.2 Å². The van der Waals surface area contributed by atoms with Crippen LogP contribution in [-0.2, 0) is 21.2 Å². The van der Waals surface area contributed by atoms with Crippen molar-refractivity contribution in [3.8, 4) is 5.75 Å². The van der Waals surface area contributed by atoms with Crippen molar-refractivity contribution in [3.63, 3.8) is 0 Å². The SMILES string of the molecule is CCc1ccc(N(CC(=O)N/N=C\c2ccccc2O)S(C)(=O)=O)cc1. The highest BCUT2D eigenvalue weighted by Gasteiger charge is 2.20. The number of hydrogen-bond donors (Lipinski definition) is 2. The fourth-order valence-electron chi connectivity index (χ4n) is 2.23. The van der Waals surface area contributed by atoms with Crippen LogP contribution in [0.15, 0.2) is 53.6 Å². The lowest BCUT2D eigenvalue weighted by Gasteiger charge is -2.21. The molecule has 0 unspecified atom stereocenters. The number of carbonyl (C=O) groups is 1. The molecular formula is C18H21N3O4S. The Morgan fingerprint density at radius 1 is 1.19 bits per heavy atom. The number of benzene rings is 2. The summed E-state index contributed by atoms with van der Waals surface area (Å²) in [6.07, 6.45) is 3.16. The number of para-hydroxylation sites is 1. The Labute approximate surface area is 153 Å². The largest absolute Gasteiger partial charge is 0.507 e. The van der Waals surface area contributed by atoms with Crippen LogP contribution in [-0.4, -0.2) is 38.4 Å². The molecule has 8 heteroatoms. The van der Waals surface area contributed by atoms with Crippen LogP contribution in [0.3, 0.4) is 0 Å². The highest BCUT2D eigenvalue weighted by Crippen LogP contribution is 2.18. The van der Waals surface area contributed by atoms with E-state index in [1.54, 1.807) is 30.3 Å². The summed E-state index contributed by atoms with van der Waals surface area (Å²) in [6, 6.07) is 13.5. The fraction of sp³-hybridized carbons (Fsp3) is 0.222. The second-order valence-corrected chi connectivity index (χ2v) is 7.55. The molecule has 0 atom stereocenters. The summed E-state index contributed by atoms with van der Waals surface area (Å²) < 4.78 is 25.1. The Morgan fingerprint density at radius 2 is 1.85 bits per heavy atom. The summed E-state index contributed by atoms with van der Waals surface area (Å²) in [5, 5.41) is 13.4. The monoisotopic (exact) mass is 375 g/mol. The highest BCUT2D eigenvalue weighted by atomic mass is 32.2. The average molecular weight is 375 g/mol. The molecule has 2 N–H and O–H groups in total. The molecule has 0 fully saturated rings. The maximum atomic E-state index is 12.1. The highest BCUT2D eigenvalue weighted by molar-refractivity contribution is 7.92. The molecule has 0 spiro atoms. The van der Waals surface area contributed by atoms with Gasteiger partial charge in [0.05, 0.1) is 18.2 Å². The molecule has 0 aliphatic carbocycles. The van der Waals surface area contributed by atoms with Crippen molar-refractivity contribution < 1.29 is 18.3 Å². The van der Waals surface area contributed by atoms with Gasteiger partial charge < -0.3 is 5.11 Å². The number of nitrogens with one attached hydrogen (secondary N) is 1. The first-order chi connectivity index (χ1) is 12.3. The molecule has 138 valence electrons. The molecule has 26 heavy (non-hydrogen) atoms. The van der Waals surface area contributed by atoms with E-state index >= 15 is 0 Å². The lowest BCUT2D eigenvalue weighted by molar-refractivity contribution is -0.119. The molecule has 0 radical (unpaired) electrons. The number of aryl methyl sites for hydroxylation is 1. The number of carbonyl (C=O) groups excluding carboxylic acids is 1. The Bertz CT molecular complexity index is 893. The minimum absolute atomic E-state index is 0.0271. The van der Waals surface area contributed by atoms with Gasteiger partial charge in [0.15, 0.2) is 0 Å². The molecule has 7 nitrogen and oxygen atoms in total. The van der Waals surface area contributed by atoms with Crippen LogP contribution in [0.4, 0.5) is 5.69 Å². The predicted octanol–water partition coefficient (Wildman–Crippen LogP) is 1.87. The molecule has 2 aromatic carbocycles. The molecule has 2 rings (SSSR count). The second-order valence-electron chi connectivity index (χ2n) is 5.64. The number of aromatic hydroxyl groups is 1. The summed E-state index contributed by atoms with van der Waals surface area (Å²) >= 11 is 0. The Balaban J connectivity index is 2.08. The average Bonchev–Trinajstić information content (AvgIpc) is 2.60. The van der Waals surface area contributed by atoms with Crippen molar-refractivity contribution in [3.05, 3.63) is 59.7 Å². The van der Waals surface area contributed by atoms with Crippen molar-refractivity contribution in [2.75, 3.05) is 17.1 Å². The van der Waals surface area contributed by atoms with Crippen LogP contribution in [0.2, 0.25) is 0 Å². The van der Waals surface area contributed by atoms with E-state index in [0.29, 0.717) is 11.3 Å². The standard InChI is InChI=1S/C18H21N3O4S/c1-3-14-8-10-16(11-9-14)21(26(2,24)25)13-18(23)20-19-12-15-6-4-5-7-17(15)22/h4-12,22H,3,13H2,1-2H3,(H,20,23)/b19-12-. The molecule has 0 saturated carbocycles. The van der Waals surface area contributed by atoms with E-state index in [1.807, 2.05) is 19.1 Å². The van der Waals surface area contributed by atoms with Gasteiger partial charge in [-0.1, -0.05) is 31.2 Å². The van der Waals surface area contributed by atoms with E-state index < -0.39 is 22.5 Å². The smallest absolute Gasteiger partial charge is 0.260 e. The number of phenolic OH excluding ortho intramolecular Hbond substituents is 1. The molecule has 0 bridgehead atoms. The van der Waals surface area contributed by atoms with Crippen LogP contribution >= 0.6 is 0 Å². The van der Waals surface area contributed by atoms with Gasteiger partial charge in [0, 0.05) is 5.56 Å². The Hall–Kier alpha value is -2.87. The van der Waals surface area contributed by atoms with Gasteiger partial charge in [0.2, 0.25) is 10.0 Å². The maximum absolute atomic E-state index is 12.1. The van der Waals surface area contributed by atoms with Crippen LogP contribution in [0, 0.1) is 0 Å². The molecule has 0 aliphatic heterocycles. The summed E-state index contributed by atoms with van der Waals surface area (Å²) in [7, 11) is -3.64. The minimum atomic E-state index is -3.64. The first-order valence-corrected chi connectivity index (χ1v) is 9.82. The van der Waals surface area contributed by atoms with Crippen molar-refractivity contribution in [2.24, 2.45) is 5.10 Å². The zero-order valence-corrected chi connectivity index (χ0v) is 15.4. The number of rotatable bonds is 7. The van der Waals surface area contributed by atoms with Gasteiger partial charge in [-0.3, -0.25) is 9.10 Å². The van der Waals surface area contributed by atoms with E-state index in [-0.39, 0.29) is 5.75 Å². The van der Waals surface area contributed by atoms with Crippen LogP contribution in [0.25, 0.3) is 0 Å². The predicted molar refractivity (Wildman–Crippen MR) is 102 cm³/mol. The third-order valence-electron chi connectivity index (χ3n) is 3.65.